The van der Waals surface area contributed by atoms with Crippen LogP contribution >= 0.6 is 0 Å². The molecule has 3 aromatic carbocycles. The second kappa shape index (κ2) is 11.2. The van der Waals surface area contributed by atoms with Crippen molar-refractivity contribution in [3.05, 3.63) is 94.3 Å². The number of aromatic nitrogens is 2. The molecule has 1 N–H and O–H groups in total. The van der Waals surface area contributed by atoms with Crippen molar-refractivity contribution in [2.75, 3.05) is 19.1 Å². The zero-order valence-electron chi connectivity index (χ0n) is 24.9. The van der Waals surface area contributed by atoms with E-state index in [0.717, 1.165) is 24.2 Å². The molecule has 0 bridgehead atoms. The van der Waals surface area contributed by atoms with E-state index in [-0.39, 0.29) is 45.4 Å². The van der Waals surface area contributed by atoms with Gasteiger partial charge in [0.15, 0.2) is 0 Å². The molecule has 10 heteroatoms. The summed E-state index contributed by atoms with van der Waals surface area (Å²) in [6.45, 7) is 5.49. The molecular weight excluding hydrogens is 566 g/mol. The predicted octanol–water partition coefficient (Wildman–Crippen LogP) is 6.94. The van der Waals surface area contributed by atoms with Crippen molar-refractivity contribution in [1.82, 2.24) is 15.3 Å². The van der Waals surface area contributed by atoms with Gasteiger partial charge in [0.25, 0.3) is 11.8 Å². The van der Waals surface area contributed by atoms with Gasteiger partial charge >= 0.3 is 0 Å². The maximum Gasteiger partial charge on any atom is 0.264 e. The summed E-state index contributed by atoms with van der Waals surface area (Å²) >= 11 is 0. The third kappa shape index (κ3) is 5.06. The lowest BCUT2D eigenvalue weighted by Gasteiger charge is -2.23. The average molecular weight is 597 g/mol. The molecule has 224 valence electrons. The van der Waals surface area contributed by atoms with Crippen LogP contribution in [0.15, 0.2) is 59.0 Å². The van der Waals surface area contributed by atoms with Crippen LogP contribution in [-0.2, 0) is 0 Å². The first-order chi connectivity index (χ1) is 21.1. The SMILES string of the molecule is CNC(=O)c1c(-c2ccc(F)cc2)oc2ccc(-c3cc(C(=O)N(c4nc(C)cc(C)n4)C4CC4)c(OC)cc3C)c(F)c12. The average Bonchev–Trinajstić information content (AvgIpc) is 3.75. The minimum absolute atomic E-state index is 0.0113. The summed E-state index contributed by atoms with van der Waals surface area (Å²) in [5, 5.41) is 2.53. The Kier molecular flexibility index (Phi) is 7.36. The van der Waals surface area contributed by atoms with Gasteiger partial charge in [-0.25, -0.2) is 18.7 Å². The van der Waals surface area contributed by atoms with Gasteiger partial charge in [0, 0.05) is 35.6 Å². The Balaban J connectivity index is 1.52. The number of fused-ring (bicyclic) bond motifs is 1. The van der Waals surface area contributed by atoms with Gasteiger partial charge in [0.2, 0.25) is 5.95 Å². The summed E-state index contributed by atoms with van der Waals surface area (Å²) in [5.74, 6) is -1.30. The van der Waals surface area contributed by atoms with Gasteiger partial charge in [-0.2, -0.15) is 0 Å². The number of nitrogens with zero attached hydrogens (tertiary/aromatic N) is 3. The largest absolute Gasteiger partial charge is 0.496 e. The Morgan fingerprint density at radius 1 is 0.955 bits per heavy atom. The number of benzene rings is 3. The van der Waals surface area contributed by atoms with Crippen LogP contribution in [0.25, 0.3) is 33.4 Å². The minimum atomic E-state index is -0.693. The molecule has 1 aliphatic rings. The number of ether oxygens (including phenoxy) is 1. The molecule has 0 radical (unpaired) electrons. The lowest BCUT2D eigenvalue weighted by molar-refractivity contribution is 0.0961. The first kappa shape index (κ1) is 29.0. The molecule has 6 rings (SSSR count). The Hall–Kier alpha value is -5.12. The smallest absolute Gasteiger partial charge is 0.264 e. The third-order valence-corrected chi connectivity index (χ3v) is 7.74. The lowest BCUT2D eigenvalue weighted by Crippen LogP contribution is -2.35. The van der Waals surface area contributed by atoms with Gasteiger partial charge in [-0.3, -0.25) is 14.5 Å². The second-order valence-corrected chi connectivity index (χ2v) is 10.9. The predicted molar refractivity (Wildman–Crippen MR) is 163 cm³/mol. The molecule has 44 heavy (non-hydrogen) atoms. The number of rotatable bonds is 7. The molecule has 0 saturated heterocycles. The number of anilines is 1. The van der Waals surface area contributed by atoms with Crippen LogP contribution in [0.4, 0.5) is 14.7 Å². The Morgan fingerprint density at radius 3 is 2.25 bits per heavy atom. The van der Waals surface area contributed by atoms with E-state index in [4.69, 9.17) is 9.15 Å². The number of nitrogens with one attached hydrogen (secondary N) is 1. The molecule has 8 nitrogen and oxygen atoms in total. The van der Waals surface area contributed by atoms with Gasteiger partial charge in [0.05, 0.1) is 23.6 Å². The van der Waals surface area contributed by atoms with E-state index < -0.39 is 17.5 Å². The maximum absolute atomic E-state index is 16.6. The molecule has 5 aromatic rings. The maximum atomic E-state index is 16.6. The van der Waals surface area contributed by atoms with E-state index in [0.29, 0.717) is 28.4 Å². The van der Waals surface area contributed by atoms with Crippen molar-refractivity contribution in [3.8, 4) is 28.2 Å². The number of halogens is 2. The highest BCUT2D eigenvalue weighted by atomic mass is 19.1. The van der Waals surface area contributed by atoms with Crippen molar-refractivity contribution in [3.63, 3.8) is 0 Å². The number of furan rings is 1. The highest BCUT2D eigenvalue weighted by Gasteiger charge is 2.37. The molecule has 2 aromatic heterocycles. The summed E-state index contributed by atoms with van der Waals surface area (Å²) < 4.78 is 41.8. The van der Waals surface area contributed by atoms with E-state index >= 15 is 4.39 Å². The van der Waals surface area contributed by atoms with Crippen LogP contribution in [0.1, 0.15) is 50.5 Å². The van der Waals surface area contributed by atoms with Crippen molar-refractivity contribution in [2.45, 2.75) is 39.7 Å². The number of hydrogen-bond donors (Lipinski definition) is 1. The number of amides is 2. The quantitative estimate of drug-likeness (QED) is 0.219. The van der Waals surface area contributed by atoms with Gasteiger partial charge in [-0.15, -0.1) is 0 Å². The normalized spacial score (nSPS) is 12.8. The van der Waals surface area contributed by atoms with Crippen molar-refractivity contribution in [2.24, 2.45) is 0 Å². The zero-order valence-corrected chi connectivity index (χ0v) is 24.9. The lowest BCUT2D eigenvalue weighted by atomic mass is 9.94. The van der Waals surface area contributed by atoms with Crippen LogP contribution in [0.2, 0.25) is 0 Å². The van der Waals surface area contributed by atoms with Gasteiger partial charge in [0.1, 0.15) is 28.7 Å². The highest BCUT2D eigenvalue weighted by Crippen LogP contribution is 2.41. The topological polar surface area (TPSA) is 97.6 Å². The molecule has 0 atom stereocenters. The Bertz CT molecular complexity index is 1930. The highest BCUT2D eigenvalue weighted by molar-refractivity contribution is 6.12. The monoisotopic (exact) mass is 596 g/mol. The fourth-order valence-electron chi connectivity index (χ4n) is 5.51. The number of carbonyl (C=O) groups is 2. The molecular formula is C34H30F2N4O4. The van der Waals surface area contributed by atoms with Crippen LogP contribution < -0.4 is 15.0 Å². The summed E-state index contributed by atoms with van der Waals surface area (Å²) in [4.78, 5) is 37.9. The molecule has 2 amide bonds. The second-order valence-electron chi connectivity index (χ2n) is 10.9. The molecule has 1 saturated carbocycles. The van der Waals surface area contributed by atoms with Crippen LogP contribution in [0.3, 0.4) is 0 Å². The standard InChI is InChI=1S/C34H30F2N4O4/c1-17-14-27(43-5)25(33(42)40(22-10-11-22)34-38-18(2)15-19(3)39-34)16-24(17)23-12-13-26-28(30(23)36)29(32(41)37-4)31(44-26)20-6-8-21(35)9-7-20/h6-9,12-16,22H,10-11H2,1-5H3,(H,37,41). The minimum Gasteiger partial charge on any atom is -0.496 e. The van der Waals surface area contributed by atoms with Crippen LogP contribution in [0, 0.1) is 32.4 Å². The van der Waals surface area contributed by atoms with Gasteiger partial charge in [-0.05, 0) is 99.3 Å². The van der Waals surface area contributed by atoms with Crippen LogP contribution in [-0.4, -0.2) is 42.0 Å². The number of methoxy groups -OCH3 is 1. The summed E-state index contributed by atoms with van der Waals surface area (Å²) in [7, 11) is 2.92. The fraction of sp³-hybridized carbons (Fsp3) is 0.235. The zero-order chi connectivity index (χ0) is 31.3. The van der Waals surface area contributed by atoms with Gasteiger partial charge < -0.3 is 14.5 Å². The molecule has 0 unspecified atom stereocenters. The number of carbonyl (C=O) groups excluding carboxylic acids is 2. The van der Waals surface area contributed by atoms with E-state index in [1.54, 1.807) is 36.1 Å². The number of aryl methyl sites for hydroxylation is 3. The van der Waals surface area contributed by atoms with Crippen LogP contribution in [0.5, 0.6) is 5.75 Å². The van der Waals surface area contributed by atoms with Gasteiger partial charge in [-0.1, -0.05) is 0 Å². The molecule has 1 aliphatic carbocycles. The third-order valence-electron chi connectivity index (χ3n) is 7.74. The molecule has 2 heterocycles. The summed E-state index contributed by atoms with van der Waals surface area (Å²) in [6.07, 6.45) is 1.63. The number of hydrogen-bond acceptors (Lipinski definition) is 6. The summed E-state index contributed by atoms with van der Waals surface area (Å²) in [6, 6.07) is 13.6. The van der Waals surface area contributed by atoms with E-state index in [2.05, 4.69) is 15.3 Å². The van der Waals surface area contributed by atoms with E-state index in [1.165, 1.54) is 38.4 Å². The first-order valence-electron chi connectivity index (χ1n) is 14.2. The van der Waals surface area contributed by atoms with E-state index in [9.17, 15) is 14.0 Å². The Morgan fingerprint density at radius 2 is 1.64 bits per heavy atom. The van der Waals surface area contributed by atoms with Crippen molar-refractivity contribution < 1.29 is 27.5 Å². The Labute approximate surface area is 252 Å². The van der Waals surface area contributed by atoms with E-state index in [1.807, 2.05) is 19.9 Å². The van der Waals surface area contributed by atoms with Crippen molar-refractivity contribution in [1.29, 1.82) is 0 Å². The fourth-order valence-corrected chi connectivity index (χ4v) is 5.51. The first-order valence-corrected chi connectivity index (χ1v) is 14.2. The summed E-state index contributed by atoms with van der Waals surface area (Å²) in [5.41, 5.74) is 3.54. The molecule has 0 spiro atoms. The van der Waals surface area contributed by atoms with Crippen molar-refractivity contribution >= 4 is 28.7 Å². The molecule has 1 fully saturated rings. The molecule has 0 aliphatic heterocycles.